The summed E-state index contributed by atoms with van der Waals surface area (Å²) in [6.07, 6.45) is 5.85. The van der Waals surface area contributed by atoms with Crippen molar-refractivity contribution in [2.24, 2.45) is 17.6 Å². The molecule has 3 unspecified atom stereocenters. The Bertz CT molecular complexity index is 405. The molecule has 0 saturated heterocycles. The van der Waals surface area contributed by atoms with Gasteiger partial charge in [0.1, 0.15) is 0 Å². The summed E-state index contributed by atoms with van der Waals surface area (Å²) in [6, 6.07) is 6.18. The molecule has 0 bridgehead atoms. The van der Waals surface area contributed by atoms with Crippen molar-refractivity contribution in [2.45, 2.75) is 45.1 Å². The Morgan fingerprint density at radius 3 is 2.78 bits per heavy atom. The number of hydrogen-bond donors (Lipinski definition) is 1. The van der Waals surface area contributed by atoms with E-state index >= 15 is 0 Å². The molecule has 100 valence electrons. The number of rotatable bonds is 3. The summed E-state index contributed by atoms with van der Waals surface area (Å²) in [6.45, 7) is 2.27. The fourth-order valence-corrected chi connectivity index (χ4v) is 3.38. The molecule has 0 amide bonds. The molecule has 1 fully saturated rings. The van der Waals surface area contributed by atoms with Crippen molar-refractivity contribution < 1.29 is 0 Å². The molecule has 18 heavy (non-hydrogen) atoms. The van der Waals surface area contributed by atoms with Crippen LogP contribution in [0.4, 0.5) is 0 Å². The SMILES string of the molecule is CCC1CCC(N)C(Cc2cccc(Cl)c2Cl)C1. The lowest BCUT2D eigenvalue weighted by Gasteiger charge is -2.34. The van der Waals surface area contributed by atoms with E-state index in [-0.39, 0.29) is 0 Å². The first kappa shape index (κ1) is 14.2. The molecule has 3 heteroatoms. The molecule has 1 aromatic rings. The van der Waals surface area contributed by atoms with E-state index in [4.69, 9.17) is 28.9 Å². The molecule has 0 aromatic heterocycles. The van der Waals surface area contributed by atoms with E-state index in [0.717, 1.165) is 24.3 Å². The van der Waals surface area contributed by atoms with E-state index < -0.39 is 0 Å². The lowest BCUT2D eigenvalue weighted by Crippen LogP contribution is -2.37. The summed E-state index contributed by atoms with van der Waals surface area (Å²) < 4.78 is 0. The minimum atomic E-state index is 0.308. The number of nitrogens with two attached hydrogens (primary N) is 1. The van der Waals surface area contributed by atoms with E-state index in [1.807, 2.05) is 12.1 Å². The molecule has 0 spiro atoms. The highest BCUT2D eigenvalue weighted by atomic mass is 35.5. The normalized spacial score (nSPS) is 28.3. The second-order valence-electron chi connectivity index (χ2n) is 5.43. The molecule has 1 saturated carbocycles. The van der Waals surface area contributed by atoms with E-state index in [0.29, 0.717) is 22.0 Å². The molecule has 0 aliphatic heterocycles. The third-order valence-electron chi connectivity index (χ3n) is 4.24. The number of halogens is 2. The van der Waals surface area contributed by atoms with Gasteiger partial charge in [0.2, 0.25) is 0 Å². The van der Waals surface area contributed by atoms with Crippen molar-refractivity contribution in [3.8, 4) is 0 Å². The minimum absolute atomic E-state index is 0.308. The molecule has 2 N–H and O–H groups in total. The van der Waals surface area contributed by atoms with Gasteiger partial charge in [-0.05, 0) is 49.1 Å². The average molecular weight is 286 g/mol. The largest absolute Gasteiger partial charge is 0.327 e. The van der Waals surface area contributed by atoms with Gasteiger partial charge in [-0.2, -0.15) is 0 Å². The van der Waals surface area contributed by atoms with Crippen LogP contribution in [0.3, 0.4) is 0 Å². The first-order valence-electron chi connectivity index (χ1n) is 6.80. The van der Waals surface area contributed by atoms with Gasteiger partial charge in [-0.1, -0.05) is 48.7 Å². The predicted octanol–water partition coefficient (Wildman–Crippen LogP) is 4.69. The predicted molar refractivity (Wildman–Crippen MR) is 79.3 cm³/mol. The zero-order chi connectivity index (χ0) is 13.1. The van der Waals surface area contributed by atoms with Gasteiger partial charge in [-0.25, -0.2) is 0 Å². The smallest absolute Gasteiger partial charge is 0.0624 e. The summed E-state index contributed by atoms with van der Waals surface area (Å²) in [7, 11) is 0. The standard InChI is InChI=1S/C15H21Cl2N/c1-2-10-6-7-14(18)12(8-10)9-11-4-3-5-13(16)15(11)17/h3-5,10,12,14H,2,6-9,18H2,1H3. The van der Waals surface area contributed by atoms with Gasteiger partial charge in [0.05, 0.1) is 10.0 Å². The Morgan fingerprint density at radius 1 is 1.28 bits per heavy atom. The van der Waals surface area contributed by atoms with Gasteiger partial charge in [0.15, 0.2) is 0 Å². The summed E-state index contributed by atoms with van der Waals surface area (Å²) in [5.74, 6) is 1.37. The van der Waals surface area contributed by atoms with E-state index in [9.17, 15) is 0 Å². The van der Waals surface area contributed by atoms with E-state index in [1.54, 1.807) is 0 Å². The van der Waals surface area contributed by atoms with Gasteiger partial charge in [0.25, 0.3) is 0 Å². The van der Waals surface area contributed by atoms with Gasteiger partial charge in [0, 0.05) is 6.04 Å². The first-order valence-corrected chi connectivity index (χ1v) is 7.55. The minimum Gasteiger partial charge on any atom is -0.327 e. The van der Waals surface area contributed by atoms with Crippen molar-refractivity contribution >= 4 is 23.2 Å². The van der Waals surface area contributed by atoms with Crippen LogP contribution >= 0.6 is 23.2 Å². The summed E-state index contributed by atoms with van der Waals surface area (Å²) >= 11 is 12.3. The summed E-state index contributed by atoms with van der Waals surface area (Å²) in [4.78, 5) is 0. The van der Waals surface area contributed by atoms with Crippen molar-refractivity contribution in [1.29, 1.82) is 0 Å². The lowest BCUT2D eigenvalue weighted by molar-refractivity contribution is 0.227. The zero-order valence-electron chi connectivity index (χ0n) is 10.8. The molecule has 0 heterocycles. The van der Waals surface area contributed by atoms with Crippen LogP contribution in [0.2, 0.25) is 10.0 Å². The maximum atomic E-state index is 6.26. The highest BCUT2D eigenvalue weighted by Crippen LogP contribution is 2.35. The van der Waals surface area contributed by atoms with Crippen LogP contribution in [-0.4, -0.2) is 6.04 Å². The molecule has 2 rings (SSSR count). The van der Waals surface area contributed by atoms with Gasteiger partial charge < -0.3 is 5.73 Å². The Kier molecular flexibility index (Phi) is 4.94. The molecule has 1 aliphatic carbocycles. The van der Waals surface area contributed by atoms with Crippen molar-refractivity contribution in [3.05, 3.63) is 33.8 Å². The number of hydrogen-bond acceptors (Lipinski definition) is 1. The fourth-order valence-electron chi connectivity index (χ4n) is 2.98. The molecule has 1 aromatic carbocycles. The van der Waals surface area contributed by atoms with Crippen LogP contribution in [-0.2, 0) is 6.42 Å². The Hall–Kier alpha value is -0.240. The van der Waals surface area contributed by atoms with Crippen molar-refractivity contribution in [3.63, 3.8) is 0 Å². The average Bonchev–Trinajstić information content (AvgIpc) is 2.37. The van der Waals surface area contributed by atoms with Crippen LogP contribution in [0, 0.1) is 11.8 Å². The maximum Gasteiger partial charge on any atom is 0.0624 e. The van der Waals surface area contributed by atoms with Crippen LogP contribution in [0.15, 0.2) is 18.2 Å². The van der Waals surface area contributed by atoms with Crippen LogP contribution in [0.5, 0.6) is 0 Å². The van der Waals surface area contributed by atoms with Crippen molar-refractivity contribution in [2.75, 3.05) is 0 Å². The second kappa shape index (κ2) is 6.27. The second-order valence-corrected chi connectivity index (χ2v) is 6.21. The molecule has 1 aliphatic rings. The highest BCUT2D eigenvalue weighted by molar-refractivity contribution is 6.42. The Morgan fingerprint density at radius 2 is 2.06 bits per heavy atom. The highest BCUT2D eigenvalue weighted by Gasteiger charge is 2.27. The third kappa shape index (κ3) is 3.20. The molecule has 3 atom stereocenters. The number of benzene rings is 1. The summed E-state index contributed by atoms with van der Waals surface area (Å²) in [5.41, 5.74) is 7.40. The lowest BCUT2D eigenvalue weighted by atomic mass is 9.75. The quantitative estimate of drug-likeness (QED) is 0.857. The first-order chi connectivity index (χ1) is 8.61. The molecular weight excluding hydrogens is 265 g/mol. The maximum absolute atomic E-state index is 6.26. The van der Waals surface area contributed by atoms with Crippen LogP contribution < -0.4 is 5.73 Å². The Labute approximate surface area is 120 Å². The molecule has 1 nitrogen and oxygen atoms in total. The van der Waals surface area contributed by atoms with Crippen LogP contribution in [0.25, 0.3) is 0 Å². The van der Waals surface area contributed by atoms with Gasteiger partial charge in [-0.15, -0.1) is 0 Å². The summed E-state index contributed by atoms with van der Waals surface area (Å²) in [5, 5.41) is 1.34. The molecular formula is C15H21Cl2N. The van der Waals surface area contributed by atoms with Gasteiger partial charge >= 0.3 is 0 Å². The molecule has 0 radical (unpaired) electrons. The van der Waals surface area contributed by atoms with E-state index in [1.165, 1.54) is 19.3 Å². The third-order valence-corrected chi connectivity index (χ3v) is 5.10. The van der Waals surface area contributed by atoms with Crippen molar-refractivity contribution in [1.82, 2.24) is 0 Å². The monoisotopic (exact) mass is 285 g/mol. The fraction of sp³-hybridized carbons (Fsp3) is 0.600. The van der Waals surface area contributed by atoms with Gasteiger partial charge in [-0.3, -0.25) is 0 Å². The van der Waals surface area contributed by atoms with E-state index in [2.05, 4.69) is 13.0 Å². The topological polar surface area (TPSA) is 26.0 Å². The van der Waals surface area contributed by atoms with Crippen LogP contribution in [0.1, 0.15) is 38.2 Å². The zero-order valence-corrected chi connectivity index (χ0v) is 12.3. The Balaban J connectivity index is 2.09.